The van der Waals surface area contributed by atoms with Gasteiger partial charge in [-0.05, 0) is 33.6 Å². The van der Waals surface area contributed by atoms with Crippen LogP contribution in [0.4, 0.5) is 9.59 Å². The van der Waals surface area contributed by atoms with Gasteiger partial charge in [-0.3, -0.25) is 0 Å². The fourth-order valence-corrected chi connectivity index (χ4v) is 2.60. The van der Waals surface area contributed by atoms with E-state index in [4.69, 9.17) is 9.47 Å². The van der Waals surface area contributed by atoms with Crippen LogP contribution in [0.1, 0.15) is 46.5 Å². The van der Waals surface area contributed by atoms with Crippen LogP contribution in [0.15, 0.2) is 0 Å². The van der Waals surface area contributed by atoms with Gasteiger partial charge in [0.2, 0.25) is 0 Å². The number of hydrogen-bond acceptors (Lipinski definition) is 4. The van der Waals surface area contributed by atoms with E-state index in [1.165, 1.54) is 0 Å². The number of ether oxygens (including phenoxy) is 2. The first-order chi connectivity index (χ1) is 9.85. The molecule has 0 atom stereocenters. The van der Waals surface area contributed by atoms with E-state index >= 15 is 0 Å². The molecule has 2 aliphatic heterocycles. The molecule has 0 radical (unpaired) electrons. The van der Waals surface area contributed by atoms with Gasteiger partial charge in [0.1, 0.15) is 11.7 Å². The quantitative estimate of drug-likeness (QED) is 0.746. The highest BCUT2D eigenvalue weighted by molar-refractivity contribution is 5.69. The topological polar surface area (TPSA) is 59.1 Å². The lowest BCUT2D eigenvalue weighted by molar-refractivity contribution is 0.00219. The van der Waals surface area contributed by atoms with Crippen molar-refractivity contribution < 1.29 is 19.1 Å². The third kappa shape index (κ3) is 4.79. The Labute approximate surface area is 126 Å². The second-order valence-electron chi connectivity index (χ2n) is 6.74. The van der Waals surface area contributed by atoms with Crippen LogP contribution in [0, 0.1) is 0 Å². The molecule has 2 amide bonds. The zero-order valence-electron chi connectivity index (χ0n) is 13.3. The summed E-state index contributed by atoms with van der Waals surface area (Å²) in [7, 11) is 0. The Bertz CT molecular complexity index is 378. The van der Waals surface area contributed by atoms with Crippen LogP contribution in [-0.4, -0.2) is 59.9 Å². The molecule has 0 aliphatic carbocycles. The van der Waals surface area contributed by atoms with Crippen LogP contribution < -0.4 is 0 Å². The lowest BCUT2D eigenvalue weighted by Gasteiger charge is -2.33. The summed E-state index contributed by atoms with van der Waals surface area (Å²) in [6, 6.07) is 0. The third-order valence-corrected chi connectivity index (χ3v) is 3.73. The van der Waals surface area contributed by atoms with E-state index in [9.17, 15) is 9.59 Å². The van der Waals surface area contributed by atoms with E-state index in [1.807, 2.05) is 20.8 Å². The highest BCUT2D eigenvalue weighted by Gasteiger charge is 2.29. The minimum Gasteiger partial charge on any atom is -0.446 e. The first-order valence-electron chi connectivity index (χ1n) is 7.78. The van der Waals surface area contributed by atoms with Gasteiger partial charge in [-0.25, -0.2) is 9.59 Å². The molecule has 2 fully saturated rings. The highest BCUT2D eigenvalue weighted by atomic mass is 16.6. The van der Waals surface area contributed by atoms with Gasteiger partial charge in [-0.15, -0.1) is 0 Å². The van der Waals surface area contributed by atoms with Crippen molar-refractivity contribution in [2.45, 2.75) is 58.2 Å². The lowest BCUT2D eigenvalue weighted by atomic mass is 10.1. The molecular weight excluding hydrogens is 272 g/mol. The van der Waals surface area contributed by atoms with Crippen LogP contribution in [0.5, 0.6) is 0 Å². The van der Waals surface area contributed by atoms with Crippen molar-refractivity contribution in [3.8, 4) is 0 Å². The van der Waals surface area contributed by atoms with Gasteiger partial charge < -0.3 is 19.3 Å². The predicted molar refractivity (Wildman–Crippen MR) is 78.1 cm³/mol. The monoisotopic (exact) mass is 298 g/mol. The Kier molecular flexibility index (Phi) is 4.96. The van der Waals surface area contributed by atoms with Gasteiger partial charge in [0.15, 0.2) is 0 Å². The molecule has 2 heterocycles. The molecule has 6 heteroatoms. The van der Waals surface area contributed by atoms with Crippen LogP contribution >= 0.6 is 0 Å². The first kappa shape index (κ1) is 15.9. The number of piperidine rings is 1. The molecule has 6 nitrogen and oxygen atoms in total. The summed E-state index contributed by atoms with van der Waals surface area (Å²) in [6.45, 7) is 8.32. The van der Waals surface area contributed by atoms with E-state index in [0.29, 0.717) is 25.9 Å². The minimum absolute atomic E-state index is 0.0863. The zero-order valence-corrected chi connectivity index (χ0v) is 13.3. The molecular formula is C15H26N2O4. The summed E-state index contributed by atoms with van der Waals surface area (Å²) in [5.41, 5.74) is -0.476. The van der Waals surface area contributed by atoms with E-state index in [0.717, 1.165) is 25.9 Å². The van der Waals surface area contributed by atoms with Gasteiger partial charge in [0.25, 0.3) is 0 Å². The summed E-state index contributed by atoms with van der Waals surface area (Å²) in [5, 5.41) is 0. The largest absolute Gasteiger partial charge is 0.446 e. The number of rotatable bonds is 1. The molecule has 2 rings (SSSR count). The molecule has 0 bridgehead atoms. The summed E-state index contributed by atoms with van der Waals surface area (Å²) in [4.78, 5) is 27.3. The molecule has 21 heavy (non-hydrogen) atoms. The normalized spacial score (nSPS) is 20.5. The maximum Gasteiger partial charge on any atom is 0.410 e. The maximum atomic E-state index is 11.9. The van der Waals surface area contributed by atoms with E-state index in [2.05, 4.69) is 0 Å². The number of likely N-dealkylation sites (tertiary alicyclic amines) is 2. The van der Waals surface area contributed by atoms with Crippen LogP contribution in [0.25, 0.3) is 0 Å². The summed E-state index contributed by atoms with van der Waals surface area (Å²) in [6.07, 6.45) is 2.91. The van der Waals surface area contributed by atoms with Gasteiger partial charge in [0, 0.05) is 39.0 Å². The molecule has 2 aliphatic rings. The number of amides is 2. The lowest BCUT2D eigenvalue weighted by Crippen LogP contribution is -2.44. The van der Waals surface area contributed by atoms with E-state index in [-0.39, 0.29) is 18.3 Å². The Morgan fingerprint density at radius 3 is 1.95 bits per heavy atom. The molecule has 120 valence electrons. The zero-order chi connectivity index (χ0) is 15.5. The summed E-state index contributed by atoms with van der Waals surface area (Å²) >= 11 is 0. The SMILES string of the molecule is CC(C)(C)OC(=O)N1CCC(OC(=O)N2CCCC2)CC1. The summed E-state index contributed by atoms with van der Waals surface area (Å²) < 4.78 is 10.9. The van der Waals surface area contributed by atoms with E-state index < -0.39 is 5.60 Å². The molecule has 2 saturated heterocycles. The van der Waals surface area contributed by atoms with E-state index in [1.54, 1.807) is 9.80 Å². The van der Waals surface area contributed by atoms with Crippen molar-refractivity contribution in [1.82, 2.24) is 9.80 Å². The second kappa shape index (κ2) is 6.54. The average molecular weight is 298 g/mol. The molecule has 0 aromatic rings. The Balaban J connectivity index is 1.72. The number of carbonyl (C=O) groups is 2. The predicted octanol–water partition coefficient (Wildman–Crippen LogP) is 2.62. The molecule has 0 aromatic heterocycles. The third-order valence-electron chi connectivity index (χ3n) is 3.73. The first-order valence-corrected chi connectivity index (χ1v) is 7.78. The molecule has 0 spiro atoms. The van der Waals surface area contributed by atoms with Crippen LogP contribution in [-0.2, 0) is 9.47 Å². The van der Waals surface area contributed by atoms with Gasteiger partial charge in [-0.2, -0.15) is 0 Å². The maximum absolute atomic E-state index is 11.9. The number of carbonyl (C=O) groups excluding carboxylic acids is 2. The molecule has 0 saturated carbocycles. The molecule has 0 aromatic carbocycles. The Morgan fingerprint density at radius 1 is 0.905 bits per heavy atom. The smallest absolute Gasteiger partial charge is 0.410 e. The second-order valence-corrected chi connectivity index (χ2v) is 6.74. The molecule has 0 unspecified atom stereocenters. The van der Waals surface area contributed by atoms with Crippen LogP contribution in [0.2, 0.25) is 0 Å². The van der Waals surface area contributed by atoms with Crippen molar-refractivity contribution in [3.05, 3.63) is 0 Å². The Morgan fingerprint density at radius 2 is 1.43 bits per heavy atom. The average Bonchev–Trinajstić information content (AvgIpc) is 2.91. The van der Waals surface area contributed by atoms with Crippen molar-refractivity contribution in [1.29, 1.82) is 0 Å². The number of hydrogen-bond donors (Lipinski definition) is 0. The van der Waals surface area contributed by atoms with Crippen molar-refractivity contribution in [2.24, 2.45) is 0 Å². The number of nitrogens with zero attached hydrogens (tertiary/aromatic N) is 2. The van der Waals surface area contributed by atoms with Crippen molar-refractivity contribution in [2.75, 3.05) is 26.2 Å². The van der Waals surface area contributed by atoms with Crippen molar-refractivity contribution >= 4 is 12.2 Å². The minimum atomic E-state index is -0.476. The Hall–Kier alpha value is -1.46. The fraction of sp³-hybridized carbons (Fsp3) is 0.867. The summed E-state index contributed by atoms with van der Waals surface area (Å²) in [5.74, 6) is 0. The van der Waals surface area contributed by atoms with Crippen molar-refractivity contribution in [3.63, 3.8) is 0 Å². The van der Waals surface area contributed by atoms with Gasteiger partial charge in [-0.1, -0.05) is 0 Å². The molecule has 0 N–H and O–H groups in total. The fourth-order valence-electron chi connectivity index (χ4n) is 2.60. The van der Waals surface area contributed by atoms with Crippen LogP contribution in [0.3, 0.4) is 0 Å². The highest BCUT2D eigenvalue weighted by Crippen LogP contribution is 2.19. The standard InChI is InChI=1S/C15H26N2O4/c1-15(2,3)21-14(19)17-10-6-12(7-11-17)20-13(18)16-8-4-5-9-16/h12H,4-11H2,1-3H3. The van der Waals surface area contributed by atoms with Gasteiger partial charge in [0.05, 0.1) is 0 Å². The van der Waals surface area contributed by atoms with Gasteiger partial charge >= 0.3 is 12.2 Å².